The van der Waals surface area contributed by atoms with Crippen LogP contribution in [0.5, 0.6) is 5.75 Å². The molecule has 2 aromatic rings. The zero-order valence-electron chi connectivity index (χ0n) is 17.5. The first-order valence-electron chi connectivity index (χ1n) is 10.7. The summed E-state index contributed by atoms with van der Waals surface area (Å²) in [6, 6.07) is 12.5. The van der Waals surface area contributed by atoms with E-state index in [9.17, 15) is 9.59 Å². The van der Waals surface area contributed by atoms with Crippen LogP contribution in [-0.2, 0) is 0 Å². The number of amides is 3. The largest absolute Gasteiger partial charge is 0.494 e. The molecule has 0 unspecified atom stereocenters. The Kier molecular flexibility index (Phi) is 8.06. The fraction of sp³-hybridized carbons (Fsp3) is 0.435. The fourth-order valence-electron chi connectivity index (χ4n) is 3.33. The molecule has 7 nitrogen and oxygen atoms in total. The van der Waals surface area contributed by atoms with Gasteiger partial charge in [0.25, 0.3) is 5.91 Å². The summed E-state index contributed by atoms with van der Waals surface area (Å²) in [6.45, 7) is 4.88. The molecule has 1 aromatic carbocycles. The number of carbonyl (C=O) groups excluding carboxylic acids is 2. The van der Waals surface area contributed by atoms with Crippen LogP contribution in [0.3, 0.4) is 0 Å². The molecule has 1 saturated heterocycles. The van der Waals surface area contributed by atoms with Crippen molar-refractivity contribution in [1.82, 2.24) is 14.8 Å². The first-order valence-corrected chi connectivity index (χ1v) is 10.7. The Morgan fingerprint density at radius 1 is 0.967 bits per heavy atom. The molecule has 3 rings (SSSR count). The lowest BCUT2D eigenvalue weighted by Crippen LogP contribution is -2.51. The monoisotopic (exact) mass is 410 g/mol. The van der Waals surface area contributed by atoms with Gasteiger partial charge in [-0.25, -0.2) is 9.78 Å². The van der Waals surface area contributed by atoms with E-state index >= 15 is 0 Å². The smallest absolute Gasteiger partial charge is 0.323 e. The maximum atomic E-state index is 12.8. The fourth-order valence-corrected chi connectivity index (χ4v) is 3.33. The third kappa shape index (κ3) is 6.20. The molecule has 0 spiro atoms. The first-order chi connectivity index (χ1) is 14.7. The molecule has 7 heteroatoms. The Hall–Kier alpha value is -3.09. The molecule has 3 amide bonds. The van der Waals surface area contributed by atoms with Crippen molar-refractivity contribution in [3.8, 4) is 5.75 Å². The number of nitrogens with zero attached hydrogens (tertiary/aromatic N) is 3. The van der Waals surface area contributed by atoms with E-state index in [1.807, 2.05) is 30.3 Å². The zero-order chi connectivity index (χ0) is 21.2. The van der Waals surface area contributed by atoms with E-state index in [-0.39, 0.29) is 11.9 Å². The van der Waals surface area contributed by atoms with Crippen molar-refractivity contribution in [1.29, 1.82) is 0 Å². The van der Waals surface area contributed by atoms with Crippen LogP contribution in [0.1, 0.15) is 43.0 Å². The molecule has 1 aliphatic rings. The molecule has 0 bridgehead atoms. The van der Waals surface area contributed by atoms with Gasteiger partial charge in [0.05, 0.1) is 6.61 Å². The Morgan fingerprint density at radius 2 is 1.70 bits per heavy atom. The van der Waals surface area contributed by atoms with Crippen LogP contribution in [-0.4, -0.2) is 59.5 Å². The minimum Gasteiger partial charge on any atom is -0.494 e. The molecule has 1 fully saturated rings. The lowest BCUT2D eigenvalue weighted by atomic mass is 10.1. The number of aromatic nitrogens is 1. The molecule has 2 heterocycles. The highest BCUT2D eigenvalue weighted by Crippen LogP contribution is 2.16. The second-order valence-electron chi connectivity index (χ2n) is 7.36. The molecular weight excluding hydrogens is 380 g/mol. The van der Waals surface area contributed by atoms with E-state index in [1.165, 1.54) is 19.3 Å². The number of hydrogen-bond acceptors (Lipinski definition) is 4. The predicted molar refractivity (Wildman–Crippen MR) is 117 cm³/mol. The van der Waals surface area contributed by atoms with Crippen molar-refractivity contribution in [2.24, 2.45) is 0 Å². The molecule has 1 aliphatic heterocycles. The summed E-state index contributed by atoms with van der Waals surface area (Å²) < 4.78 is 5.74. The van der Waals surface area contributed by atoms with Gasteiger partial charge >= 0.3 is 6.03 Å². The summed E-state index contributed by atoms with van der Waals surface area (Å²) in [6.07, 6.45) is 6.30. The molecule has 1 N–H and O–H groups in total. The number of rotatable bonds is 8. The topological polar surface area (TPSA) is 74.8 Å². The summed E-state index contributed by atoms with van der Waals surface area (Å²) in [7, 11) is 0. The molecule has 0 saturated carbocycles. The number of hydrogen-bond donors (Lipinski definition) is 1. The third-order valence-corrected chi connectivity index (χ3v) is 5.12. The van der Waals surface area contributed by atoms with E-state index in [2.05, 4.69) is 17.2 Å². The van der Waals surface area contributed by atoms with Crippen LogP contribution in [0.4, 0.5) is 10.6 Å². The molecule has 1 aromatic heterocycles. The molecular formula is C23H30N4O3. The van der Waals surface area contributed by atoms with Gasteiger partial charge < -0.3 is 14.5 Å². The predicted octanol–water partition coefficient (Wildman–Crippen LogP) is 4.03. The third-order valence-electron chi connectivity index (χ3n) is 5.12. The minimum absolute atomic E-state index is 0.0192. The van der Waals surface area contributed by atoms with Crippen molar-refractivity contribution in [3.63, 3.8) is 0 Å². The van der Waals surface area contributed by atoms with Gasteiger partial charge in [-0.15, -0.1) is 0 Å². The number of ether oxygens (including phenoxy) is 1. The first kappa shape index (κ1) is 21.6. The Morgan fingerprint density at radius 3 is 2.37 bits per heavy atom. The highest BCUT2D eigenvalue weighted by molar-refractivity contribution is 5.94. The van der Waals surface area contributed by atoms with Crippen LogP contribution in [0.25, 0.3) is 0 Å². The van der Waals surface area contributed by atoms with Crippen LogP contribution < -0.4 is 10.1 Å². The van der Waals surface area contributed by atoms with E-state index in [0.717, 1.165) is 12.2 Å². The molecule has 0 radical (unpaired) electrons. The number of anilines is 1. The Balaban J connectivity index is 1.44. The van der Waals surface area contributed by atoms with Crippen molar-refractivity contribution < 1.29 is 14.3 Å². The van der Waals surface area contributed by atoms with Gasteiger partial charge in [0.2, 0.25) is 0 Å². The number of pyridine rings is 1. The number of carbonyl (C=O) groups is 2. The van der Waals surface area contributed by atoms with Crippen LogP contribution in [0.15, 0.2) is 48.7 Å². The lowest BCUT2D eigenvalue weighted by Gasteiger charge is -2.34. The van der Waals surface area contributed by atoms with Gasteiger partial charge in [-0.2, -0.15) is 0 Å². The molecule has 0 atom stereocenters. The van der Waals surface area contributed by atoms with E-state index in [0.29, 0.717) is 44.2 Å². The quantitative estimate of drug-likeness (QED) is 0.667. The van der Waals surface area contributed by atoms with Crippen molar-refractivity contribution >= 4 is 17.8 Å². The van der Waals surface area contributed by atoms with Gasteiger partial charge in [-0.3, -0.25) is 10.1 Å². The van der Waals surface area contributed by atoms with Gasteiger partial charge in [0.15, 0.2) is 0 Å². The minimum atomic E-state index is -0.193. The average Bonchev–Trinajstić information content (AvgIpc) is 2.80. The summed E-state index contributed by atoms with van der Waals surface area (Å²) in [5, 5.41) is 2.78. The van der Waals surface area contributed by atoms with Gasteiger partial charge in [0.1, 0.15) is 11.6 Å². The number of piperazine rings is 1. The van der Waals surface area contributed by atoms with Gasteiger partial charge in [-0.05, 0) is 42.8 Å². The van der Waals surface area contributed by atoms with E-state index in [4.69, 9.17) is 4.74 Å². The average molecular weight is 411 g/mol. The summed E-state index contributed by atoms with van der Waals surface area (Å²) in [5.74, 6) is 1.29. The summed E-state index contributed by atoms with van der Waals surface area (Å²) >= 11 is 0. The summed E-state index contributed by atoms with van der Waals surface area (Å²) in [5.41, 5.74) is 0.639. The van der Waals surface area contributed by atoms with Gasteiger partial charge in [-0.1, -0.05) is 32.3 Å². The second kappa shape index (κ2) is 11.2. The maximum absolute atomic E-state index is 12.8. The summed E-state index contributed by atoms with van der Waals surface area (Å²) in [4.78, 5) is 32.7. The SMILES string of the molecule is CCCCCCOc1ccc(C(=O)N2CCN(C(=O)Nc3ccccn3)CC2)cc1. The van der Waals surface area contributed by atoms with Crippen molar-refractivity contribution in [2.75, 3.05) is 38.1 Å². The molecule has 160 valence electrons. The Labute approximate surface area is 178 Å². The van der Waals surface area contributed by atoms with Crippen LogP contribution >= 0.6 is 0 Å². The van der Waals surface area contributed by atoms with Crippen molar-refractivity contribution in [2.45, 2.75) is 32.6 Å². The normalized spacial score (nSPS) is 13.8. The number of nitrogens with one attached hydrogen (secondary N) is 1. The maximum Gasteiger partial charge on any atom is 0.323 e. The molecule has 30 heavy (non-hydrogen) atoms. The lowest BCUT2D eigenvalue weighted by molar-refractivity contribution is 0.0671. The zero-order valence-corrected chi connectivity index (χ0v) is 17.5. The van der Waals surface area contributed by atoms with Crippen molar-refractivity contribution in [3.05, 3.63) is 54.2 Å². The number of urea groups is 1. The Bertz CT molecular complexity index is 803. The highest BCUT2D eigenvalue weighted by Gasteiger charge is 2.25. The van der Waals surface area contributed by atoms with Crippen LogP contribution in [0.2, 0.25) is 0 Å². The molecule has 0 aliphatic carbocycles. The van der Waals surface area contributed by atoms with E-state index in [1.54, 1.807) is 28.1 Å². The second-order valence-corrected chi connectivity index (χ2v) is 7.36. The van der Waals surface area contributed by atoms with Crippen LogP contribution in [0, 0.1) is 0 Å². The highest BCUT2D eigenvalue weighted by atomic mass is 16.5. The van der Waals surface area contributed by atoms with Gasteiger partial charge in [0, 0.05) is 37.9 Å². The standard InChI is InChI=1S/C23H30N4O3/c1-2-3-4-7-18-30-20-11-9-19(10-12-20)22(28)26-14-16-27(17-15-26)23(29)25-21-8-5-6-13-24-21/h5-6,8-13H,2-4,7,14-18H2,1H3,(H,24,25,29). The number of benzene rings is 1. The number of unbranched alkanes of at least 4 members (excludes halogenated alkanes) is 3. The van der Waals surface area contributed by atoms with E-state index < -0.39 is 0 Å².